The molecule has 26 heavy (non-hydrogen) atoms. The molecule has 4 rings (SSSR count). The highest BCUT2D eigenvalue weighted by Gasteiger charge is 2.36. The number of amides is 1. The summed E-state index contributed by atoms with van der Waals surface area (Å²) in [5.74, 6) is 0.532. The third kappa shape index (κ3) is 3.32. The van der Waals surface area contributed by atoms with Crippen LogP contribution >= 0.6 is 0 Å². The first kappa shape index (κ1) is 17.1. The number of fused-ring (bicyclic) bond motifs is 1. The van der Waals surface area contributed by atoms with Crippen LogP contribution in [0.5, 0.6) is 0 Å². The Hall–Kier alpha value is -2.38. The molecule has 0 bridgehead atoms. The fourth-order valence-corrected chi connectivity index (χ4v) is 3.82. The maximum absolute atomic E-state index is 13.2. The largest absolute Gasteiger partial charge is 0.382 e. The van der Waals surface area contributed by atoms with Crippen molar-refractivity contribution in [2.75, 3.05) is 26.0 Å². The molecule has 2 N–H and O–H groups in total. The molecule has 1 amide bonds. The van der Waals surface area contributed by atoms with Crippen molar-refractivity contribution < 1.29 is 14.3 Å². The third-order valence-electron chi connectivity index (χ3n) is 5.26. The molecule has 0 radical (unpaired) electrons. The first-order valence-electron chi connectivity index (χ1n) is 8.96. The van der Waals surface area contributed by atoms with Gasteiger partial charge in [-0.3, -0.25) is 9.48 Å². The van der Waals surface area contributed by atoms with Gasteiger partial charge in [-0.15, -0.1) is 0 Å². The highest BCUT2D eigenvalue weighted by molar-refractivity contribution is 5.95. The number of rotatable bonds is 4. The molecule has 1 fully saturated rings. The minimum atomic E-state index is 0.0334. The number of nitrogens with two attached hydrogens (primary N) is 1. The van der Waals surface area contributed by atoms with Gasteiger partial charge in [0.2, 0.25) is 0 Å². The summed E-state index contributed by atoms with van der Waals surface area (Å²) >= 11 is 0. The number of anilines is 1. The van der Waals surface area contributed by atoms with E-state index < -0.39 is 0 Å². The smallest absolute Gasteiger partial charge is 0.254 e. The quantitative estimate of drug-likeness (QED) is 0.897. The van der Waals surface area contributed by atoms with E-state index in [9.17, 15) is 4.79 Å². The molecule has 7 nitrogen and oxygen atoms in total. The van der Waals surface area contributed by atoms with Crippen molar-refractivity contribution in [3.05, 3.63) is 47.2 Å². The van der Waals surface area contributed by atoms with Crippen LogP contribution in [0, 0.1) is 0 Å². The van der Waals surface area contributed by atoms with Gasteiger partial charge in [0.15, 0.2) is 0 Å². The molecule has 7 heteroatoms. The molecule has 1 aromatic carbocycles. The van der Waals surface area contributed by atoms with Crippen LogP contribution in [0.1, 0.15) is 27.9 Å². The summed E-state index contributed by atoms with van der Waals surface area (Å²) in [5, 5.41) is 4.25. The molecule has 0 saturated carbocycles. The minimum Gasteiger partial charge on any atom is -0.382 e. The van der Waals surface area contributed by atoms with Crippen molar-refractivity contribution in [3.8, 4) is 0 Å². The van der Waals surface area contributed by atoms with Gasteiger partial charge in [0.05, 0.1) is 31.9 Å². The van der Waals surface area contributed by atoms with Gasteiger partial charge >= 0.3 is 0 Å². The Bertz CT molecular complexity index is 804. The SMILES string of the molecule is CO[C@H]1C[C@@H](Cn2ccc(N)n2)N(C(=O)c2ccc3c(c2)CCOC3)C1. The summed E-state index contributed by atoms with van der Waals surface area (Å²) in [7, 11) is 1.69. The van der Waals surface area contributed by atoms with E-state index in [1.54, 1.807) is 17.9 Å². The number of methoxy groups -OCH3 is 1. The standard InChI is InChI=1S/C19H24N4O3/c1-25-17-9-16(10-22-6-4-18(20)21-22)23(11-17)19(24)14-2-3-15-12-26-7-5-13(15)8-14/h2-4,6,8,16-17H,5,7,9-12H2,1H3,(H2,20,21)/t16-,17-/m0/s1. The molecular weight excluding hydrogens is 332 g/mol. The normalized spacial score (nSPS) is 22.4. The number of nitrogen functional groups attached to an aromatic ring is 1. The average Bonchev–Trinajstić information content (AvgIpc) is 3.27. The van der Waals surface area contributed by atoms with Gasteiger partial charge in [0.1, 0.15) is 5.82 Å². The van der Waals surface area contributed by atoms with Crippen LogP contribution in [0.15, 0.2) is 30.5 Å². The fraction of sp³-hybridized carbons (Fsp3) is 0.474. The maximum Gasteiger partial charge on any atom is 0.254 e. The molecule has 0 unspecified atom stereocenters. The lowest BCUT2D eigenvalue weighted by Crippen LogP contribution is -2.38. The number of aromatic nitrogens is 2. The predicted octanol–water partition coefficient (Wildman–Crippen LogP) is 1.47. The summed E-state index contributed by atoms with van der Waals surface area (Å²) in [5.41, 5.74) is 8.82. The number of nitrogens with zero attached hydrogens (tertiary/aromatic N) is 3. The summed E-state index contributed by atoms with van der Waals surface area (Å²) in [6.07, 6.45) is 3.54. The number of ether oxygens (including phenoxy) is 2. The highest BCUT2D eigenvalue weighted by Crippen LogP contribution is 2.25. The second-order valence-corrected chi connectivity index (χ2v) is 6.95. The molecule has 0 spiro atoms. The van der Waals surface area contributed by atoms with Crippen LogP contribution in [0.4, 0.5) is 5.82 Å². The molecule has 2 atom stereocenters. The van der Waals surface area contributed by atoms with Crippen molar-refractivity contribution in [3.63, 3.8) is 0 Å². The number of hydrogen-bond acceptors (Lipinski definition) is 5. The Kier molecular flexibility index (Phi) is 4.65. The van der Waals surface area contributed by atoms with Crippen LogP contribution in [-0.2, 0) is 29.0 Å². The van der Waals surface area contributed by atoms with Gasteiger partial charge in [-0.2, -0.15) is 5.10 Å². The van der Waals surface area contributed by atoms with E-state index in [-0.39, 0.29) is 18.1 Å². The molecule has 1 aromatic heterocycles. The maximum atomic E-state index is 13.2. The fourth-order valence-electron chi connectivity index (χ4n) is 3.82. The zero-order valence-electron chi connectivity index (χ0n) is 14.9. The lowest BCUT2D eigenvalue weighted by molar-refractivity contribution is 0.0678. The topological polar surface area (TPSA) is 82.6 Å². The van der Waals surface area contributed by atoms with Gasteiger partial charge in [-0.05, 0) is 42.2 Å². The summed E-state index contributed by atoms with van der Waals surface area (Å²) < 4.78 is 12.8. The summed E-state index contributed by atoms with van der Waals surface area (Å²) in [4.78, 5) is 15.1. The third-order valence-corrected chi connectivity index (χ3v) is 5.26. The van der Waals surface area contributed by atoms with E-state index in [1.807, 2.05) is 29.3 Å². The molecule has 2 aliphatic rings. The Balaban J connectivity index is 1.55. The molecule has 0 aliphatic carbocycles. The van der Waals surface area contributed by atoms with Crippen molar-refractivity contribution in [2.24, 2.45) is 0 Å². The number of hydrogen-bond donors (Lipinski definition) is 1. The van der Waals surface area contributed by atoms with Crippen molar-refractivity contribution in [1.82, 2.24) is 14.7 Å². The van der Waals surface area contributed by atoms with Gasteiger partial charge in [-0.25, -0.2) is 0 Å². The zero-order chi connectivity index (χ0) is 18.1. The highest BCUT2D eigenvalue weighted by atomic mass is 16.5. The second-order valence-electron chi connectivity index (χ2n) is 6.95. The molecular formula is C19H24N4O3. The van der Waals surface area contributed by atoms with Crippen LogP contribution in [0.2, 0.25) is 0 Å². The van der Waals surface area contributed by atoms with E-state index >= 15 is 0 Å². The molecule has 3 heterocycles. The summed E-state index contributed by atoms with van der Waals surface area (Å²) in [6.45, 7) is 2.55. The molecule has 138 valence electrons. The number of carbonyl (C=O) groups excluding carboxylic acids is 1. The van der Waals surface area contributed by atoms with Crippen LogP contribution in [0.25, 0.3) is 0 Å². The number of benzene rings is 1. The van der Waals surface area contributed by atoms with Gasteiger partial charge in [0.25, 0.3) is 5.91 Å². The van der Waals surface area contributed by atoms with E-state index in [4.69, 9.17) is 15.2 Å². The molecule has 2 aromatic rings. The second kappa shape index (κ2) is 7.09. The Morgan fingerprint density at radius 1 is 1.38 bits per heavy atom. The van der Waals surface area contributed by atoms with Crippen molar-refractivity contribution >= 4 is 11.7 Å². The van der Waals surface area contributed by atoms with E-state index in [0.29, 0.717) is 32.1 Å². The van der Waals surface area contributed by atoms with Crippen molar-refractivity contribution in [2.45, 2.75) is 38.1 Å². The molecule has 1 saturated heterocycles. The van der Waals surface area contributed by atoms with Crippen molar-refractivity contribution in [1.29, 1.82) is 0 Å². The lowest BCUT2D eigenvalue weighted by atomic mass is 9.99. The first-order chi connectivity index (χ1) is 12.6. The van der Waals surface area contributed by atoms with Crippen LogP contribution < -0.4 is 5.73 Å². The summed E-state index contributed by atoms with van der Waals surface area (Å²) in [6, 6.07) is 7.73. The predicted molar refractivity (Wildman–Crippen MR) is 96.7 cm³/mol. The van der Waals surface area contributed by atoms with Gasteiger partial charge in [-0.1, -0.05) is 6.07 Å². The van der Waals surface area contributed by atoms with Gasteiger partial charge < -0.3 is 20.1 Å². The van der Waals surface area contributed by atoms with E-state index in [0.717, 1.165) is 18.4 Å². The van der Waals surface area contributed by atoms with Crippen LogP contribution in [-0.4, -0.2) is 53.0 Å². The Morgan fingerprint density at radius 3 is 3.04 bits per heavy atom. The lowest BCUT2D eigenvalue weighted by Gasteiger charge is -2.25. The first-order valence-corrected chi connectivity index (χ1v) is 8.96. The minimum absolute atomic E-state index is 0.0334. The zero-order valence-corrected chi connectivity index (χ0v) is 14.9. The van der Waals surface area contributed by atoms with Crippen LogP contribution in [0.3, 0.4) is 0 Å². The number of likely N-dealkylation sites (tertiary alicyclic amines) is 1. The Labute approximate surface area is 152 Å². The monoisotopic (exact) mass is 356 g/mol. The van der Waals surface area contributed by atoms with E-state index in [2.05, 4.69) is 5.10 Å². The van der Waals surface area contributed by atoms with E-state index in [1.165, 1.54) is 11.1 Å². The van der Waals surface area contributed by atoms with Gasteiger partial charge in [0, 0.05) is 25.4 Å². The number of carbonyl (C=O) groups is 1. The average molecular weight is 356 g/mol. The molecule has 2 aliphatic heterocycles. The Morgan fingerprint density at radius 2 is 2.27 bits per heavy atom.